The van der Waals surface area contributed by atoms with Crippen molar-refractivity contribution >= 4 is 46.1 Å². The van der Waals surface area contributed by atoms with Gasteiger partial charge in [0.05, 0.1) is 27.8 Å². The summed E-state index contributed by atoms with van der Waals surface area (Å²) in [5.74, 6) is 5.42. The molecule has 0 aliphatic heterocycles. The van der Waals surface area contributed by atoms with Crippen LogP contribution in [0.25, 0.3) is 0 Å². The quantitative estimate of drug-likeness (QED) is 0.829. The van der Waals surface area contributed by atoms with Gasteiger partial charge in [-0.05, 0) is 24.3 Å². The fourth-order valence-corrected chi connectivity index (χ4v) is 2.61. The highest BCUT2D eigenvalue weighted by Crippen LogP contribution is 2.26. The Labute approximate surface area is 136 Å². The third-order valence-corrected chi connectivity index (χ3v) is 3.90. The second kappa shape index (κ2) is 7.48. The molecule has 0 saturated heterocycles. The predicted molar refractivity (Wildman–Crippen MR) is 87.3 cm³/mol. The third-order valence-electron chi connectivity index (χ3n) is 2.49. The molecule has 0 fully saturated rings. The number of rotatable bonds is 3. The second-order valence-electron chi connectivity index (χ2n) is 4.05. The number of aliphatic hydroxyl groups is 1. The van der Waals surface area contributed by atoms with E-state index < -0.39 is 0 Å². The number of carbonyl (C=O) groups is 1. The topological polar surface area (TPSA) is 49.3 Å². The number of amides is 1. The van der Waals surface area contributed by atoms with Crippen LogP contribution in [0, 0.1) is 11.8 Å². The van der Waals surface area contributed by atoms with Crippen LogP contribution in [0.2, 0.25) is 10.0 Å². The Morgan fingerprint density at radius 3 is 2.90 bits per heavy atom. The van der Waals surface area contributed by atoms with Gasteiger partial charge in [-0.2, -0.15) is 0 Å². The summed E-state index contributed by atoms with van der Waals surface area (Å²) >= 11 is 13.2. The van der Waals surface area contributed by atoms with E-state index >= 15 is 0 Å². The van der Waals surface area contributed by atoms with E-state index in [4.69, 9.17) is 28.3 Å². The van der Waals surface area contributed by atoms with Crippen molar-refractivity contribution in [2.24, 2.45) is 0 Å². The molecule has 21 heavy (non-hydrogen) atoms. The van der Waals surface area contributed by atoms with E-state index in [0.29, 0.717) is 27.7 Å². The molecule has 0 unspecified atom stereocenters. The van der Waals surface area contributed by atoms with Crippen LogP contribution in [0.3, 0.4) is 0 Å². The fourth-order valence-electron chi connectivity index (χ4n) is 1.51. The van der Waals surface area contributed by atoms with Gasteiger partial charge in [0.25, 0.3) is 5.91 Å². The zero-order valence-electron chi connectivity index (χ0n) is 10.8. The van der Waals surface area contributed by atoms with E-state index in [1.54, 1.807) is 29.6 Å². The Kier molecular flexibility index (Phi) is 5.66. The second-order valence-corrected chi connectivity index (χ2v) is 5.81. The van der Waals surface area contributed by atoms with E-state index in [0.717, 1.165) is 4.88 Å². The molecule has 0 aliphatic rings. The predicted octanol–water partition coefficient (Wildman–Crippen LogP) is 4.04. The number of hydrogen-bond donors (Lipinski definition) is 2. The minimum absolute atomic E-state index is 0.0268. The Bertz CT molecular complexity index is 716. The Balaban J connectivity index is 2.11. The maximum atomic E-state index is 12.1. The molecule has 0 atom stereocenters. The van der Waals surface area contributed by atoms with Crippen molar-refractivity contribution < 1.29 is 9.90 Å². The van der Waals surface area contributed by atoms with E-state index in [1.165, 1.54) is 11.3 Å². The van der Waals surface area contributed by atoms with Crippen LogP contribution in [-0.2, 0) is 0 Å². The highest BCUT2D eigenvalue weighted by atomic mass is 35.5. The molecule has 0 saturated carbocycles. The van der Waals surface area contributed by atoms with Crippen LogP contribution in [0.5, 0.6) is 0 Å². The SMILES string of the molecule is O=C(Nc1cc(Cl)ccc1Cl)c1csc(C#CCCO)c1. The van der Waals surface area contributed by atoms with Gasteiger partial charge in [-0.1, -0.05) is 35.0 Å². The van der Waals surface area contributed by atoms with Crippen LogP contribution >= 0.6 is 34.5 Å². The molecular weight excluding hydrogens is 329 g/mol. The van der Waals surface area contributed by atoms with Gasteiger partial charge in [-0.25, -0.2) is 0 Å². The molecule has 1 amide bonds. The van der Waals surface area contributed by atoms with Crippen LogP contribution in [0.1, 0.15) is 21.7 Å². The van der Waals surface area contributed by atoms with E-state index in [9.17, 15) is 4.79 Å². The van der Waals surface area contributed by atoms with Crippen molar-refractivity contribution in [2.45, 2.75) is 6.42 Å². The number of nitrogens with one attached hydrogen (secondary N) is 1. The lowest BCUT2D eigenvalue weighted by molar-refractivity contribution is 0.102. The van der Waals surface area contributed by atoms with E-state index in [1.807, 2.05) is 0 Å². The first-order valence-electron chi connectivity index (χ1n) is 6.05. The summed E-state index contributed by atoms with van der Waals surface area (Å²) in [5, 5.41) is 14.0. The molecule has 0 aliphatic carbocycles. The minimum Gasteiger partial charge on any atom is -0.395 e. The van der Waals surface area contributed by atoms with Crippen molar-refractivity contribution in [1.82, 2.24) is 0 Å². The van der Waals surface area contributed by atoms with Gasteiger partial charge in [-0.15, -0.1) is 11.3 Å². The Hall–Kier alpha value is -1.51. The molecule has 0 bridgehead atoms. The van der Waals surface area contributed by atoms with Gasteiger partial charge in [0, 0.05) is 16.8 Å². The lowest BCUT2D eigenvalue weighted by atomic mass is 10.2. The summed E-state index contributed by atoms with van der Waals surface area (Å²) < 4.78 is 0. The molecule has 2 N–H and O–H groups in total. The summed E-state index contributed by atoms with van der Waals surface area (Å²) in [6.07, 6.45) is 0.414. The molecule has 2 rings (SSSR count). The standard InChI is InChI=1S/C15H11Cl2NO2S/c16-11-4-5-13(17)14(8-11)18-15(20)10-7-12(21-9-10)3-1-2-6-19/h4-5,7-9,19H,2,6H2,(H,18,20). The average molecular weight is 340 g/mol. The van der Waals surface area contributed by atoms with E-state index in [-0.39, 0.29) is 12.5 Å². The van der Waals surface area contributed by atoms with Gasteiger partial charge >= 0.3 is 0 Å². The molecule has 1 aromatic heterocycles. The number of benzene rings is 1. The van der Waals surface area contributed by atoms with Crippen molar-refractivity contribution in [1.29, 1.82) is 0 Å². The van der Waals surface area contributed by atoms with Crippen molar-refractivity contribution in [3.8, 4) is 11.8 Å². The zero-order valence-corrected chi connectivity index (χ0v) is 13.1. The zero-order chi connectivity index (χ0) is 15.2. The van der Waals surface area contributed by atoms with Gasteiger partial charge in [-0.3, -0.25) is 4.79 Å². The highest BCUT2D eigenvalue weighted by molar-refractivity contribution is 7.10. The molecule has 3 nitrogen and oxygen atoms in total. The van der Waals surface area contributed by atoms with Gasteiger partial charge < -0.3 is 10.4 Å². The van der Waals surface area contributed by atoms with Crippen LogP contribution in [0.15, 0.2) is 29.6 Å². The largest absolute Gasteiger partial charge is 0.395 e. The van der Waals surface area contributed by atoms with Gasteiger partial charge in [0.15, 0.2) is 0 Å². The lowest BCUT2D eigenvalue weighted by Crippen LogP contribution is -2.11. The maximum Gasteiger partial charge on any atom is 0.256 e. The monoisotopic (exact) mass is 339 g/mol. The average Bonchev–Trinajstić information content (AvgIpc) is 2.92. The summed E-state index contributed by atoms with van der Waals surface area (Å²) in [5.41, 5.74) is 0.970. The van der Waals surface area contributed by atoms with Gasteiger partial charge in [0.2, 0.25) is 0 Å². The summed E-state index contributed by atoms with van der Waals surface area (Å²) in [6.45, 7) is 0.0268. The van der Waals surface area contributed by atoms with Crippen LogP contribution < -0.4 is 5.32 Å². The van der Waals surface area contributed by atoms with Crippen LogP contribution in [-0.4, -0.2) is 17.6 Å². The summed E-state index contributed by atoms with van der Waals surface area (Å²) in [6, 6.07) is 6.57. The third kappa shape index (κ3) is 4.48. The number of hydrogen-bond acceptors (Lipinski definition) is 3. The maximum absolute atomic E-state index is 12.1. The number of aliphatic hydroxyl groups excluding tert-OH is 1. The minimum atomic E-state index is -0.273. The van der Waals surface area contributed by atoms with Crippen molar-refractivity contribution in [3.05, 3.63) is 50.1 Å². The Morgan fingerprint density at radius 1 is 1.33 bits per heavy atom. The first-order valence-corrected chi connectivity index (χ1v) is 7.68. The number of anilines is 1. The van der Waals surface area contributed by atoms with Gasteiger partial charge in [0.1, 0.15) is 0 Å². The summed E-state index contributed by atoms with van der Waals surface area (Å²) in [4.78, 5) is 12.9. The summed E-state index contributed by atoms with van der Waals surface area (Å²) in [7, 11) is 0. The smallest absolute Gasteiger partial charge is 0.256 e. The molecule has 0 spiro atoms. The molecule has 0 radical (unpaired) electrons. The van der Waals surface area contributed by atoms with Crippen molar-refractivity contribution in [2.75, 3.05) is 11.9 Å². The normalized spacial score (nSPS) is 9.86. The van der Waals surface area contributed by atoms with E-state index in [2.05, 4.69) is 17.2 Å². The number of carbonyl (C=O) groups excluding carboxylic acids is 1. The Morgan fingerprint density at radius 2 is 2.14 bits per heavy atom. The molecular formula is C15H11Cl2NO2S. The molecule has 108 valence electrons. The first-order chi connectivity index (χ1) is 10.1. The van der Waals surface area contributed by atoms with Crippen molar-refractivity contribution in [3.63, 3.8) is 0 Å². The molecule has 2 aromatic rings. The highest BCUT2D eigenvalue weighted by Gasteiger charge is 2.10. The fraction of sp³-hybridized carbons (Fsp3) is 0.133. The first kappa shape index (κ1) is 15.9. The van der Waals surface area contributed by atoms with Crippen LogP contribution in [0.4, 0.5) is 5.69 Å². The molecule has 6 heteroatoms. The number of thiophene rings is 1. The lowest BCUT2D eigenvalue weighted by Gasteiger charge is -2.06. The number of halogens is 2. The molecule has 1 heterocycles. The molecule has 1 aromatic carbocycles.